The summed E-state index contributed by atoms with van der Waals surface area (Å²) in [6, 6.07) is 11.2. The number of rotatable bonds is 4. The Hall–Kier alpha value is -3.20. The Kier molecular flexibility index (Phi) is 7.33. The lowest BCUT2D eigenvalue weighted by Gasteiger charge is -2.30. The highest BCUT2D eigenvalue weighted by molar-refractivity contribution is 6.35. The summed E-state index contributed by atoms with van der Waals surface area (Å²) in [6.45, 7) is 3.55. The van der Waals surface area contributed by atoms with Gasteiger partial charge in [0, 0.05) is 37.1 Å². The van der Waals surface area contributed by atoms with Crippen LogP contribution in [-0.4, -0.2) is 51.1 Å². The van der Waals surface area contributed by atoms with Gasteiger partial charge in [0.2, 0.25) is 5.91 Å². The molecule has 1 fully saturated rings. The summed E-state index contributed by atoms with van der Waals surface area (Å²) < 4.78 is 15.2. The van der Waals surface area contributed by atoms with Gasteiger partial charge in [0.25, 0.3) is 5.91 Å². The molecule has 0 bridgehead atoms. The minimum Gasteiger partial charge on any atom is -0.334 e. The molecule has 1 aromatic heterocycles. The summed E-state index contributed by atoms with van der Waals surface area (Å²) in [5, 5.41) is 7.49. The average molecular weight is 542 g/mol. The SMILES string of the molecule is CC(=O)N1C/C(=C\c2ccc(F)cc2)c2c(c(C(=O)NN3CCCCC3)nn2-c2ccc(Cl)cc2Cl)C1. The Bertz CT molecular complexity index is 1380. The van der Waals surface area contributed by atoms with E-state index in [0.717, 1.165) is 43.5 Å². The zero-order chi connectivity index (χ0) is 26.1. The van der Waals surface area contributed by atoms with Crippen LogP contribution in [0.4, 0.5) is 4.39 Å². The first-order chi connectivity index (χ1) is 17.8. The molecule has 0 unspecified atom stereocenters. The number of piperidine rings is 1. The monoisotopic (exact) mass is 541 g/mol. The van der Waals surface area contributed by atoms with Crippen LogP contribution >= 0.6 is 23.2 Å². The first-order valence-electron chi connectivity index (χ1n) is 12.2. The highest BCUT2D eigenvalue weighted by Crippen LogP contribution is 2.36. The lowest BCUT2D eigenvalue weighted by molar-refractivity contribution is -0.128. The molecule has 1 N–H and O–H groups in total. The van der Waals surface area contributed by atoms with Gasteiger partial charge < -0.3 is 4.90 Å². The van der Waals surface area contributed by atoms with Gasteiger partial charge in [-0.2, -0.15) is 5.10 Å². The normalized spacial score (nSPS) is 17.1. The Morgan fingerprint density at radius 1 is 1.03 bits per heavy atom. The molecule has 5 rings (SSSR count). The second-order valence-corrected chi connectivity index (χ2v) is 10.1. The first-order valence-corrected chi connectivity index (χ1v) is 12.9. The van der Waals surface area contributed by atoms with Crippen molar-refractivity contribution in [3.05, 3.63) is 80.8 Å². The van der Waals surface area contributed by atoms with Crippen LogP contribution < -0.4 is 5.43 Å². The summed E-state index contributed by atoms with van der Waals surface area (Å²) in [6.07, 6.45) is 5.03. The number of carbonyl (C=O) groups excluding carboxylic acids is 2. The second-order valence-electron chi connectivity index (χ2n) is 9.27. The van der Waals surface area contributed by atoms with Crippen molar-refractivity contribution in [1.82, 2.24) is 25.1 Å². The quantitative estimate of drug-likeness (QED) is 0.483. The number of nitrogens with one attached hydrogen (secondary N) is 1. The number of fused-ring (bicyclic) bond motifs is 1. The van der Waals surface area contributed by atoms with Crippen molar-refractivity contribution in [3.8, 4) is 5.69 Å². The lowest BCUT2D eigenvalue weighted by atomic mass is 9.97. The summed E-state index contributed by atoms with van der Waals surface area (Å²) >= 11 is 12.7. The van der Waals surface area contributed by atoms with Crippen LogP contribution in [0.5, 0.6) is 0 Å². The maximum Gasteiger partial charge on any atom is 0.286 e. The average Bonchev–Trinajstić information content (AvgIpc) is 3.26. The molecule has 0 radical (unpaired) electrons. The zero-order valence-electron chi connectivity index (χ0n) is 20.3. The third-order valence-corrected chi connectivity index (χ3v) is 7.16. The molecule has 2 aliphatic rings. The third-order valence-electron chi connectivity index (χ3n) is 6.62. The fourth-order valence-electron chi connectivity index (χ4n) is 4.77. The largest absolute Gasteiger partial charge is 0.334 e. The number of halogens is 3. The van der Waals surface area contributed by atoms with Crippen LogP contribution in [-0.2, 0) is 11.3 Å². The van der Waals surface area contributed by atoms with Gasteiger partial charge in [-0.05, 0) is 60.4 Å². The summed E-state index contributed by atoms with van der Waals surface area (Å²) in [5.41, 5.74) is 6.57. The number of hydrogen-bond acceptors (Lipinski definition) is 4. The highest BCUT2D eigenvalue weighted by Gasteiger charge is 2.33. The molecule has 2 aliphatic heterocycles. The summed E-state index contributed by atoms with van der Waals surface area (Å²) in [4.78, 5) is 27.7. The van der Waals surface area contributed by atoms with E-state index >= 15 is 0 Å². The van der Waals surface area contributed by atoms with Gasteiger partial charge in [-0.15, -0.1) is 0 Å². The zero-order valence-corrected chi connectivity index (χ0v) is 21.8. The smallest absolute Gasteiger partial charge is 0.286 e. The van der Waals surface area contributed by atoms with Crippen LogP contribution in [0.15, 0.2) is 42.5 Å². The Labute approximate surface area is 224 Å². The predicted octanol–water partition coefficient (Wildman–Crippen LogP) is 5.35. The molecule has 3 aromatic rings. The van der Waals surface area contributed by atoms with Crippen molar-refractivity contribution < 1.29 is 14.0 Å². The molecule has 0 aliphatic carbocycles. The standard InChI is InChI=1S/C27H26Cl2FN5O2/c1-17(36)33-15-19(13-18-5-8-21(30)9-6-18)26-22(16-33)25(27(37)32-34-11-3-2-4-12-34)31-35(26)24-10-7-20(28)14-23(24)29/h5-10,13-14H,2-4,11-12,15-16H2,1H3,(H,32,37)/b19-13+. The summed E-state index contributed by atoms with van der Waals surface area (Å²) in [5.74, 6) is -0.810. The van der Waals surface area contributed by atoms with Gasteiger partial charge >= 0.3 is 0 Å². The van der Waals surface area contributed by atoms with E-state index < -0.39 is 0 Å². The Morgan fingerprint density at radius 3 is 2.43 bits per heavy atom. The van der Waals surface area contributed by atoms with Crippen molar-refractivity contribution >= 4 is 46.7 Å². The van der Waals surface area contributed by atoms with E-state index in [1.807, 2.05) is 11.1 Å². The molecule has 0 spiro atoms. The number of nitrogens with zero attached hydrogens (tertiary/aromatic N) is 4. The van der Waals surface area contributed by atoms with Crippen molar-refractivity contribution in [2.24, 2.45) is 0 Å². The van der Waals surface area contributed by atoms with E-state index in [2.05, 4.69) is 5.43 Å². The molecular weight excluding hydrogens is 516 g/mol. The molecule has 7 nitrogen and oxygen atoms in total. The van der Waals surface area contributed by atoms with Gasteiger partial charge in [0.15, 0.2) is 5.69 Å². The number of hydrazine groups is 1. The number of aromatic nitrogens is 2. The fraction of sp³-hybridized carbons (Fsp3) is 0.296. The molecule has 2 amide bonds. The van der Waals surface area contributed by atoms with Crippen LogP contribution in [0, 0.1) is 5.82 Å². The molecule has 0 saturated carbocycles. The minimum absolute atomic E-state index is 0.129. The second kappa shape index (κ2) is 10.7. The molecule has 10 heteroatoms. The molecule has 192 valence electrons. The van der Waals surface area contributed by atoms with Gasteiger partial charge in [-0.1, -0.05) is 41.8 Å². The molecule has 2 aromatic carbocycles. The molecule has 3 heterocycles. The van der Waals surface area contributed by atoms with Crippen molar-refractivity contribution in [2.75, 3.05) is 19.6 Å². The molecular formula is C27H26Cl2FN5O2. The number of amides is 2. The van der Waals surface area contributed by atoms with Crippen LogP contribution in [0.1, 0.15) is 53.5 Å². The van der Waals surface area contributed by atoms with Crippen molar-refractivity contribution in [2.45, 2.75) is 32.7 Å². The number of carbonyl (C=O) groups is 2. The van der Waals surface area contributed by atoms with Crippen LogP contribution in [0.25, 0.3) is 17.3 Å². The molecule has 0 atom stereocenters. The number of benzene rings is 2. The van der Waals surface area contributed by atoms with Gasteiger partial charge in [0.05, 0.1) is 22.9 Å². The van der Waals surface area contributed by atoms with Crippen LogP contribution in [0.3, 0.4) is 0 Å². The van der Waals surface area contributed by atoms with Gasteiger partial charge in [-0.3, -0.25) is 15.0 Å². The maximum absolute atomic E-state index is 13.6. The lowest BCUT2D eigenvalue weighted by Crippen LogP contribution is -2.45. The van der Waals surface area contributed by atoms with E-state index in [0.29, 0.717) is 33.5 Å². The third kappa shape index (κ3) is 5.42. The van der Waals surface area contributed by atoms with Gasteiger partial charge in [0.1, 0.15) is 5.82 Å². The van der Waals surface area contributed by atoms with E-state index in [1.165, 1.54) is 19.1 Å². The Balaban J connectivity index is 1.67. The first kappa shape index (κ1) is 25.4. The highest BCUT2D eigenvalue weighted by atomic mass is 35.5. The van der Waals surface area contributed by atoms with Crippen LogP contribution in [0.2, 0.25) is 10.0 Å². The van der Waals surface area contributed by atoms with E-state index in [9.17, 15) is 14.0 Å². The summed E-state index contributed by atoms with van der Waals surface area (Å²) in [7, 11) is 0. The topological polar surface area (TPSA) is 70.5 Å². The minimum atomic E-state index is -0.341. The Morgan fingerprint density at radius 2 is 1.76 bits per heavy atom. The maximum atomic E-state index is 13.6. The van der Waals surface area contributed by atoms with E-state index in [-0.39, 0.29) is 29.9 Å². The van der Waals surface area contributed by atoms with E-state index in [1.54, 1.807) is 39.9 Å². The van der Waals surface area contributed by atoms with E-state index in [4.69, 9.17) is 28.3 Å². The predicted molar refractivity (Wildman–Crippen MR) is 142 cm³/mol. The molecule has 1 saturated heterocycles. The van der Waals surface area contributed by atoms with Gasteiger partial charge in [-0.25, -0.2) is 14.1 Å². The fourth-order valence-corrected chi connectivity index (χ4v) is 5.25. The van der Waals surface area contributed by atoms with Crippen molar-refractivity contribution in [1.29, 1.82) is 0 Å². The molecule has 37 heavy (non-hydrogen) atoms. The number of hydrogen-bond donors (Lipinski definition) is 1. The van der Waals surface area contributed by atoms with Crippen molar-refractivity contribution in [3.63, 3.8) is 0 Å².